The average molecular weight is 261 g/mol. The zero-order chi connectivity index (χ0) is 13.8. The highest BCUT2D eigenvalue weighted by Crippen LogP contribution is 2.27. The maximum Gasteiger partial charge on any atom is 0.229 e. The fraction of sp³-hybridized carbons (Fsp3) is 0.462. The van der Waals surface area contributed by atoms with Gasteiger partial charge in [-0.15, -0.1) is 0 Å². The Labute approximate surface area is 112 Å². The van der Waals surface area contributed by atoms with Crippen LogP contribution in [-0.4, -0.2) is 26.3 Å². The smallest absolute Gasteiger partial charge is 0.229 e. The first-order valence-corrected chi connectivity index (χ1v) is 6.41. The summed E-state index contributed by atoms with van der Waals surface area (Å²) < 4.78 is 7.55. The van der Waals surface area contributed by atoms with Crippen molar-refractivity contribution in [2.75, 3.05) is 11.9 Å². The molecule has 0 saturated carbocycles. The van der Waals surface area contributed by atoms with Gasteiger partial charge in [0, 0.05) is 19.7 Å². The minimum atomic E-state index is 0.580. The maximum absolute atomic E-state index is 5.85. The zero-order valence-electron chi connectivity index (χ0n) is 11.8. The molecule has 19 heavy (non-hydrogen) atoms. The summed E-state index contributed by atoms with van der Waals surface area (Å²) in [7, 11) is 1.85. The summed E-state index contributed by atoms with van der Waals surface area (Å²) in [6, 6.07) is 1.88. The van der Waals surface area contributed by atoms with Gasteiger partial charge in [0.05, 0.1) is 11.3 Å². The molecule has 6 heteroatoms. The Morgan fingerprint density at radius 2 is 2.11 bits per heavy atom. The average Bonchev–Trinajstić information content (AvgIpc) is 2.69. The van der Waals surface area contributed by atoms with E-state index in [1.165, 1.54) is 6.33 Å². The SMILES string of the molecule is CCNc1ncnc(Oc2cc(C)nn2C)c1CC. The lowest BCUT2D eigenvalue weighted by molar-refractivity contribution is 0.410. The predicted octanol–water partition coefficient (Wildman–Crippen LogP) is 2.31. The monoisotopic (exact) mass is 261 g/mol. The molecular weight excluding hydrogens is 242 g/mol. The highest BCUT2D eigenvalue weighted by Gasteiger charge is 2.13. The fourth-order valence-corrected chi connectivity index (χ4v) is 1.90. The van der Waals surface area contributed by atoms with Crippen LogP contribution >= 0.6 is 0 Å². The van der Waals surface area contributed by atoms with Gasteiger partial charge in [0.1, 0.15) is 12.1 Å². The van der Waals surface area contributed by atoms with Crippen LogP contribution in [0.25, 0.3) is 0 Å². The summed E-state index contributed by atoms with van der Waals surface area (Å²) in [6.07, 6.45) is 2.31. The van der Waals surface area contributed by atoms with Crippen molar-refractivity contribution >= 4 is 5.82 Å². The van der Waals surface area contributed by atoms with E-state index < -0.39 is 0 Å². The molecule has 0 saturated heterocycles. The normalized spacial score (nSPS) is 10.5. The Bertz CT molecular complexity index is 564. The molecule has 0 aliphatic heterocycles. The van der Waals surface area contributed by atoms with Crippen molar-refractivity contribution in [2.45, 2.75) is 27.2 Å². The van der Waals surface area contributed by atoms with Crippen molar-refractivity contribution in [2.24, 2.45) is 7.05 Å². The number of hydrogen-bond acceptors (Lipinski definition) is 5. The lowest BCUT2D eigenvalue weighted by atomic mass is 10.2. The molecule has 0 bridgehead atoms. The van der Waals surface area contributed by atoms with Gasteiger partial charge in [0.15, 0.2) is 0 Å². The van der Waals surface area contributed by atoms with E-state index in [0.29, 0.717) is 11.8 Å². The highest BCUT2D eigenvalue weighted by atomic mass is 16.5. The van der Waals surface area contributed by atoms with E-state index in [4.69, 9.17) is 4.74 Å². The van der Waals surface area contributed by atoms with Crippen LogP contribution in [-0.2, 0) is 13.5 Å². The molecule has 0 aliphatic carbocycles. The molecule has 0 aromatic carbocycles. The van der Waals surface area contributed by atoms with Crippen LogP contribution in [0.2, 0.25) is 0 Å². The van der Waals surface area contributed by atoms with Crippen LogP contribution in [0.15, 0.2) is 12.4 Å². The van der Waals surface area contributed by atoms with Crippen molar-refractivity contribution in [3.05, 3.63) is 23.7 Å². The van der Waals surface area contributed by atoms with Crippen LogP contribution in [0.4, 0.5) is 5.82 Å². The highest BCUT2D eigenvalue weighted by molar-refractivity contribution is 5.49. The largest absolute Gasteiger partial charge is 0.420 e. The van der Waals surface area contributed by atoms with E-state index in [-0.39, 0.29) is 0 Å². The van der Waals surface area contributed by atoms with E-state index in [9.17, 15) is 0 Å². The van der Waals surface area contributed by atoms with Crippen LogP contribution in [0.3, 0.4) is 0 Å². The standard InChI is InChI=1S/C13H19N5O/c1-5-10-12(14-6-2)15-8-16-13(10)19-11-7-9(3)17-18(11)4/h7-8H,5-6H2,1-4H3,(H,14,15,16). The molecule has 2 aromatic rings. The second kappa shape index (κ2) is 5.69. The summed E-state index contributed by atoms with van der Waals surface area (Å²) >= 11 is 0. The summed E-state index contributed by atoms with van der Waals surface area (Å²) in [4.78, 5) is 8.47. The molecule has 0 aliphatic rings. The molecule has 2 rings (SSSR count). The molecule has 0 spiro atoms. The van der Waals surface area contributed by atoms with E-state index in [0.717, 1.165) is 30.0 Å². The first-order valence-electron chi connectivity index (χ1n) is 6.41. The second-order valence-corrected chi connectivity index (χ2v) is 4.24. The number of aryl methyl sites for hydroxylation is 2. The third-order valence-electron chi connectivity index (χ3n) is 2.76. The quantitative estimate of drug-likeness (QED) is 0.894. The number of anilines is 1. The first-order chi connectivity index (χ1) is 9.15. The minimum absolute atomic E-state index is 0.580. The van der Waals surface area contributed by atoms with Crippen molar-refractivity contribution < 1.29 is 4.74 Å². The molecule has 0 radical (unpaired) electrons. The lowest BCUT2D eigenvalue weighted by Gasteiger charge is -2.12. The number of rotatable bonds is 5. The van der Waals surface area contributed by atoms with E-state index in [2.05, 4.69) is 27.3 Å². The second-order valence-electron chi connectivity index (χ2n) is 4.24. The molecule has 0 atom stereocenters. The first kappa shape index (κ1) is 13.3. The van der Waals surface area contributed by atoms with Crippen molar-refractivity contribution in [3.8, 4) is 11.8 Å². The number of aromatic nitrogens is 4. The molecule has 2 heterocycles. The van der Waals surface area contributed by atoms with Gasteiger partial charge in [-0.3, -0.25) is 0 Å². The number of nitrogens with one attached hydrogen (secondary N) is 1. The van der Waals surface area contributed by atoms with Gasteiger partial charge in [-0.1, -0.05) is 6.92 Å². The maximum atomic E-state index is 5.85. The van der Waals surface area contributed by atoms with Gasteiger partial charge in [0.25, 0.3) is 0 Å². The van der Waals surface area contributed by atoms with Gasteiger partial charge in [-0.2, -0.15) is 5.10 Å². The summed E-state index contributed by atoms with van der Waals surface area (Å²) in [5.74, 6) is 2.08. The van der Waals surface area contributed by atoms with Crippen LogP contribution < -0.4 is 10.1 Å². The van der Waals surface area contributed by atoms with Crippen LogP contribution in [0.1, 0.15) is 25.1 Å². The molecule has 0 fully saturated rings. The summed E-state index contributed by atoms with van der Waals surface area (Å²) in [6.45, 7) is 6.83. The third kappa shape index (κ3) is 2.83. The van der Waals surface area contributed by atoms with Gasteiger partial charge < -0.3 is 10.1 Å². The molecule has 2 aromatic heterocycles. The number of hydrogen-bond donors (Lipinski definition) is 1. The topological polar surface area (TPSA) is 64.9 Å². The molecule has 0 amide bonds. The van der Waals surface area contributed by atoms with E-state index in [1.807, 2.05) is 27.0 Å². The zero-order valence-corrected chi connectivity index (χ0v) is 11.8. The molecule has 102 valence electrons. The Kier molecular flexibility index (Phi) is 3.99. The predicted molar refractivity (Wildman–Crippen MR) is 73.6 cm³/mol. The lowest BCUT2D eigenvalue weighted by Crippen LogP contribution is -2.06. The molecule has 0 unspecified atom stereocenters. The summed E-state index contributed by atoms with van der Waals surface area (Å²) in [5.41, 5.74) is 1.89. The van der Waals surface area contributed by atoms with Crippen molar-refractivity contribution in [3.63, 3.8) is 0 Å². The van der Waals surface area contributed by atoms with Gasteiger partial charge >= 0.3 is 0 Å². The Morgan fingerprint density at radius 3 is 2.68 bits per heavy atom. The third-order valence-corrected chi connectivity index (χ3v) is 2.76. The Morgan fingerprint density at radius 1 is 1.32 bits per heavy atom. The fourth-order valence-electron chi connectivity index (χ4n) is 1.90. The molecular formula is C13H19N5O. The van der Waals surface area contributed by atoms with Crippen LogP contribution in [0, 0.1) is 6.92 Å². The summed E-state index contributed by atoms with van der Waals surface area (Å²) in [5, 5.41) is 7.47. The van der Waals surface area contributed by atoms with E-state index >= 15 is 0 Å². The molecule has 6 nitrogen and oxygen atoms in total. The van der Waals surface area contributed by atoms with Gasteiger partial charge in [0.2, 0.25) is 11.8 Å². The van der Waals surface area contributed by atoms with Crippen molar-refractivity contribution in [1.29, 1.82) is 0 Å². The van der Waals surface area contributed by atoms with Gasteiger partial charge in [-0.05, 0) is 20.3 Å². The van der Waals surface area contributed by atoms with Crippen LogP contribution in [0.5, 0.6) is 11.8 Å². The van der Waals surface area contributed by atoms with E-state index in [1.54, 1.807) is 4.68 Å². The van der Waals surface area contributed by atoms with Gasteiger partial charge in [-0.25, -0.2) is 14.6 Å². The Hall–Kier alpha value is -2.11. The Balaban J connectivity index is 2.34. The number of nitrogens with zero attached hydrogens (tertiary/aromatic N) is 4. The van der Waals surface area contributed by atoms with Crippen molar-refractivity contribution in [1.82, 2.24) is 19.7 Å². The minimum Gasteiger partial charge on any atom is -0.420 e. The molecule has 1 N–H and O–H groups in total. The number of ether oxygens (including phenoxy) is 1.